The molecule has 0 fully saturated rings. The predicted octanol–water partition coefficient (Wildman–Crippen LogP) is 1.54. The molecule has 0 unspecified atom stereocenters. The molecule has 0 bridgehead atoms. The maximum Gasteiger partial charge on any atom is 0.222 e. The van der Waals surface area contributed by atoms with Gasteiger partial charge in [-0.05, 0) is 18.2 Å². The standard InChI is InChI=1S/C11H8ClN5O/c12-8-3-5(18)1-2-6(8)9-7(4-13)10(14)17-11(15)16-9/h1-3,18H,(H4,14,15,16,17). The van der Waals surface area contributed by atoms with Crippen LogP contribution in [0.4, 0.5) is 11.8 Å². The van der Waals surface area contributed by atoms with Gasteiger partial charge in [0.15, 0.2) is 0 Å². The molecule has 2 rings (SSSR count). The number of nitriles is 1. The Kier molecular flexibility index (Phi) is 2.92. The number of nitrogens with two attached hydrogens (primary N) is 2. The number of aromatic nitrogens is 2. The molecule has 0 aliphatic carbocycles. The first kappa shape index (κ1) is 12.0. The van der Waals surface area contributed by atoms with Gasteiger partial charge in [0.25, 0.3) is 0 Å². The van der Waals surface area contributed by atoms with E-state index in [0.717, 1.165) is 0 Å². The van der Waals surface area contributed by atoms with E-state index in [2.05, 4.69) is 9.97 Å². The first-order valence-corrected chi connectivity index (χ1v) is 5.22. The zero-order valence-electron chi connectivity index (χ0n) is 9.05. The average molecular weight is 262 g/mol. The largest absolute Gasteiger partial charge is 0.508 e. The number of benzene rings is 1. The summed E-state index contributed by atoms with van der Waals surface area (Å²) in [7, 11) is 0. The van der Waals surface area contributed by atoms with Crippen LogP contribution in [0.15, 0.2) is 18.2 Å². The summed E-state index contributed by atoms with van der Waals surface area (Å²) in [6.07, 6.45) is 0. The third-order valence-corrected chi connectivity index (χ3v) is 2.59. The second-order valence-corrected chi connectivity index (χ2v) is 3.87. The fourth-order valence-electron chi connectivity index (χ4n) is 1.50. The van der Waals surface area contributed by atoms with E-state index in [1.54, 1.807) is 0 Å². The Morgan fingerprint density at radius 1 is 1.28 bits per heavy atom. The Labute approximate surface area is 107 Å². The second-order valence-electron chi connectivity index (χ2n) is 3.47. The fraction of sp³-hybridized carbons (Fsp3) is 0. The van der Waals surface area contributed by atoms with Gasteiger partial charge in [-0.3, -0.25) is 0 Å². The predicted molar refractivity (Wildman–Crippen MR) is 67.7 cm³/mol. The number of hydrogen-bond acceptors (Lipinski definition) is 6. The minimum absolute atomic E-state index is 0.0101. The molecule has 0 saturated heterocycles. The van der Waals surface area contributed by atoms with E-state index >= 15 is 0 Å². The molecule has 2 aromatic rings. The number of phenols is 1. The van der Waals surface area contributed by atoms with Crippen LogP contribution in [0.1, 0.15) is 5.56 Å². The van der Waals surface area contributed by atoms with Crippen molar-refractivity contribution in [2.75, 3.05) is 11.5 Å². The van der Waals surface area contributed by atoms with Crippen LogP contribution in [0.25, 0.3) is 11.3 Å². The van der Waals surface area contributed by atoms with Gasteiger partial charge in [0.05, 0.1) is 10.7 Å². The summed E-state index contributed by atoms with van der Waals surface area (Å²) < 4.78 is 0. The Morgan fingerprint density at radius 2 is 2.00 bits per heavy atom. The molecule has 0 aliphatic heterocycles. The minimum atomic E-state index is -0.0503. The summed E-state index contributed by atoms with van der Waals surface area (Å²) in [6.45, 7) is 0. The van der Waals surface area contributed by atoms with E-state index in [0.29, 0.717) is 5.56 Å². The number of rotatable bonds is 1. The first-order chi connectivity index (χ1) is 8.52. The Morgan fingerprint density at radius 3 is 2.61 bits per heavy atom. The zero-order valence-corrected chi connectivity index (χ0v) is 9.81. The smallest absolute Gasteiger partial charge is 0.222 e. The van der Waals surface area contributed by atoms with Crippen LogP contribution in [-0.2, 0) is 0 Å². The number of halogens is 1. The van der Waals surface area contributed by atoms with Crippen LogP contribution in [0.5, 0.6) is 5.75 Å². The molecular weight excluding hydrogens is 254 g/mol. The molecule has 7 heteroatoms. The third-order valence-electron chi connectivity index (χ3n) is 2.27. The van der Waals surface area contributed by atoms with Gasteiger partial charge < -0.3 is 16.6 Å². The molecule has 1 aromatic heterocycles. The monoisotopic (exact) mass is 261 g/mol. The molecule has 0 amide bonds. The molecule has 1 heterocycles. The van der Waals surface area contributed by atoms with Gasteiger partial charge in [0.2, 0.25) is 5.95 Å². The number of anilines is 2. The van der Waals surface area contributed by atoms with Gasteiger partial charge in [-0.15, -0.1) is 0 Å². The van der Waals surface area contributed by atoms with Crippen molar-refractivity contribution in [1.29, 1.82) is 5.26 Å². The minimum Gasteiger partial charge on any atom is -0.508 e. The van der Waals surface area contributed by atoms with Crippen molar-refractivity contribution in [3.63, 3.8) is 0 Å². The molecule has 0 saturated carbocycles. The summed E-state index contributed by atoms with van der Waals surface area (Å²) in [6, 6.07) is 6.20. The van der Waals surface area contributed by atoms with Gasteiger partial charge in [-0.25, -0.2) is 4.98 Å². The maximum atomic E-state index is 9.29. The van der Waals surface area contributed by atoms with Crippen molar-refractivity contribution in [1.82, 2.24) is 9.97 Å². The number of nitrogen functional groups attached to an aromatic ring is 2. The lowest BCUT2D eigenvalue weighted by Crippen LogP contribution is -2.05. The van der Waals surface area contributed by atoms with Crippen LogP contribution in [0, 0.1) is 11.3 Å². The highest BCUT2D eigenvalue weighted by Crippen LogP contribution is 2.33. The first-order valence-electron chi connectivity index (χ1n) is 4.85. The second kappa shape index (κ2) is 4.39. The van der Waals surface area contributed by atoms with Crippen molar-refractivity contribution < 1.29 is 5.11 Å². The highest BCUT2D eigenvalue weighted by molar-refractivity contribution is 6.33. The number of aromatic hydroxyl groups is 1. The molecule has 0 atom stereocenters. The van der Waals surface area contributed by atoms with Gasteiger partial charge in [0.1, 0.15) is 23.2 Å². The lowest BCUT2D eigenvalue weighted by atomic mass is 10.1. The normalized spacial score (nSPS) is 10.0. The van der Waals surface area contributed by atoms with E-state index in [1.807, 2.05) is 6.07 Å². The number of nitrogens with zero attached hydrogens (tertiary/aromatic N) is 3. The van der Waals surface area contributed by atoms with Gasteiger partial charge in [0, 0.05) is 5.56 Å². The van der Waals surface area contributed by atoms with E-state index in [4.69, 9.17) is 28.3 Å². The zero-order chi connectivity index (χ0) is 13.3. The van der Waals surface area contributed by atoms with E-state index in [1.165, 1.54) is 18.2 Å². The lowest BCUT2D eigenvalue weighted by Gasteiger charge is -2.08. The maximum absolute atomic E-state index is 9.29. The van der Waals surface area contributed by atoms with Gasteiger partial charge in [-0.2, -0.15) is 10.2 Å². The van der Waals surface area contributed by atoms with Crippen molar-refractivity contribution in [3.8, 4) is 23.1 Å². The fourth-order valence-corrected chi connectivity index (χ4v) is 1.76. The van der Waals surface area contributed by atoms with Crippen molar-refractivity contribution in [2.45, 2.75) is 0 Å². The summed E-state index contributed by atoms with van der Waals surface area (Å²) in [5.74, 6) is -0.0490. The Hall–Kier alpha value is -2.52. The summed E-state index contributed by atoms with van der Waals surface area (Å²) in [4.78, 5) is 7.67. The summed E-state index contributed by atoms with van der Waals surface area (Å²) in [5.41, 5.74) is 11.9. The van der Waals surface area contributed by atoms with Crippen LogP contribution >= 0.6 is 11.6 Å². The average Bonchev–Trinajstić information content (AvgIpc) is 2.28. The molecule has 6 nitrogen and oxygen atoms in total. The third kappa shape index (κ3) is 1.99. The van der Waals surface area contributed by atoms with Crippen molar-refractivity contribution >= 4 is 23.4 Å². The molecule has 0 aliphatic rings. The van der Waals surface area contributed by atoms with Crippen LogP contribution in [0.2, 0.25) is 5.02 Å². The molecule has 0 spiro atoms. The number of hydrogen-bond donors (Lipinski definition) is 3. The lowest BCUT2D eigenvalue weighted by molar-refractivity contribution is 0.475. The van der Waals surface area contributed by atoms with Crippen LogP contribution in [-0.4, -0.2) is 15.1 Å². The van der Waals surface area contributed by atoms with Crippen molar-refractivity contribution in [3.05, 3.63) is 28.8 Å². The Bertz CT molecular complexity index is 665. The van der Waals surface area contributed by atoms with Crippen LogP contribution in [0.3, 0.4) is 0 Å². The quantitative estimate of drug-likeness (QED) is 0.716. The highest BCUT2D eigenvalue weighted by atomic mass is 35.5. The molecular formula is C11H8ClN5O. The topological polar surface area (TPSA) is 122 Å². The molecule has 0 radical (unpaired) electrons. The van der Waals surface area contributed by atoms with Gasteiger partial charge >= 0.3 is 0 Å². The highest BCUT2D eigenvalue weighted by Gasteiger charge is 2.15. The van der Waals surface area contributed by atoms with Gasteiger partial charge in [-0.1, -0.05) is 11.6 Å². The summed E-state index contributed by atoms with van der Waals surface area (Å²) >= 11 is 5.99. The van der Waals surface area contributed by atoms with E-state index < -0.39 is 0 Å². The van der Waals surface area contributed by atoms with Crippen LogP contribution < -0.4 is 11.5 Å². The molecule has 18 heavy (non-hydrogen) atoms. The molecule has 90 valence electrons. The van der Waals surface area contributed by atoms with Crippen molar-refractivity contribution in [2.24, 2.45) is 0 Å². The SMILES string of the molecule is N#Cc1c(N)nc(N)nc1-c1ccc(O)cc1Cl. The molecule has 5 N–H and O–H groups in total. The van der Waals surface area contributed by atoms with E-state index in [9.17, 15) is 5.11 Å². The van der Waals surface area contributed by atoms with E-state index in [-0.39, 0.29) is 33.8 Å². The molecule has 1 aromatic carbocycles. The Balaban J connectivity index is 2.75. The number of phenolic OH excluding ortho intramolecular Hbond substituents is 1. The summed E-state index contributed by atoms with van der Waals surface area (Å²) in [5, 5.41) is 18.6.